The van der Waals surface area contributed by atoms with E-state index in [4.69, 9.17) is 4.42 Å². The number of carbonyl (C=O) groups excluding carboxylic acids is 2. The van der Waals surface area contributed by atoms with E-state index < -0.39 is 5.41 Å². The molecule has 0 radical (unpaired) electrons. The van der Waals surface area contributed by atoms with Gasteiger partial charge in [-0.2, -0.15) is 0 Å². The zero-order valence-electron chi connectivity index (χ0n) is 15.3. The highest BCUT2D eigenvalue weighted by molar-refractivity contribution is 5.91. The van der Waals surface area contributed by atoms with Gasteiger partial charge in [0.2, 0.25) is 5.91 Å². The number of hydrogen-bond donors (Lipinski definition) is 2. The van der Waals surface area contributed by atoms with Crippen LogP contribution in [0.5, 0.6) is 0 Å². The Morgan fingerprint density at radius 1 is 1.24 bits per heavy atom. The number of piperazine rings is 1. The quantitative estimate of drug-likeness (QED) is 0.606. The van der Waals surface area contributed by atoms with E-state index in [1.165, 1.54) is 6.26 Å². The number of rotatable bonds is 4. The van der Waals surface area contributed by atoms with E-state index in [-0.39, 0.29) is 11.8 Å². The maximum absolute atomic E-state index is 12.3. The average molecular weight is 349 g/mol. The van der Waals surface area contributed by atoms with Crippen LogP contribution < -0.4 is 10.6 Å². The number of carbonyl (C=O) groups is 2. The SMILES string of the molecule is CN=C(NCC(C)(C)C(=O)NC)N1CCN(C(=O)c2ccco2)CC1. The number of guanidine groups is 1. The summed E-state index contributed by atoms with van der Waals surface area (Å²) in [5.41, 5.74) is -0.540. The highest BCUT2D eigenvalue weighted by Gasteiger charge is 2.29. The Bertz CT molecular complexity index is 616. The van der Waals surface area contributed by atoms with E-state index in [0.29, 0.717) is 38.5 Å². The molecule has 0 atom stereocenters. The first-order valence-electron chi connectivity index (χ1n) is 8.39. The Kier molecular flexibility index (Phi) is 6.06. The largest absolute Gasteiger partial charge is 0.459 e. The molecule has 1 aliphatic rings. The zero-order valence-corrected chi connectivity index (χ0v) is 15.3. The van der Waals surface area contributed by atoms with Gasteiger partial charge in [-0.3, -0.25) is 14.6 Å². The maximum atomic E-state index is 12.3. The molecule has 8 nitrogen and oxygen atoms in total. The molecular formula is C17H27N5O3. The fourth-order valence-corrected chi connectivity index (χ4v) is 2.73. The summed E-state index contributed by atoms with van der Waals surface area (Å²) in [6, 6.07) is 3.39. The summed E-state index contributed by atoms with van der Waals surface area (Å²) in [5, 5.41) is 5.93. The van der Waals surface area contributed by atoms with Gasteiger partial charge in [-0.25, -0.2) is 0 Å². The highest BCUT2D eigenvalue weighted by atomic mass is 16.3. The van der Waals surface area contributed by atoms with Crippen LogP contribution in [0.1, 0.15) is 24.4 Å². The van der Waals surface area contributed by atoms with Gasteiger partial charge >= 0.3 is 0 Å². The van der Waals surface area contributed by atoms with Crippen LogP contribution in [0.4, 0.5) is 0 Å². The van der Waals surface area contributed by atoms with Gasteiger partial charge in [0.1, 0.15) is 0 Å². The minimum Gasteiger partial charge on any atom is -0.459 e. The molecule has 1 aromatic heterocycles. The number of furan rings is 1. The predicted molar refractivity (Wildman–Crippen MR) is 95.4 cm³/mol. The Morgan fingerprint density at radius 2 is 1.88 bits per heavy atom. The summed E-state index contributed by atoms with van der Waals surface area (Å²) in [5.74, 6) is 0.989. The van der Waals surface area contributed by atoms with Crippen LogP contribution in [-0.2, 0) is 4.79 Å². The van der Waals surface area contributed by atoms with Crippen LogP contribution in [0.15, 0.2) is 27.8 Å². The van der Waals surface area contributed by atoms with Crippen LogP contribution >= 0.6 is 0 Å². The van der Waals surface area contributed by atoms with Crippen LogP contribution in [0.25, 0.3) is 0 Å². The minimum atomic E-state index is -0.540. The molecule has 0 aromatic carbocycles. The van der Waals surface area contributed by atoms with Crippen LogP contribution in [-0.4, -0.2) is 74.4 Å². The summed E-state index contributed by atoms with van der Waals surface area (Å²) >= 11 is 0. The summed E-state index contributed by atoms with van der Waals surface area (Å²) < 4.78 is 5.17. The molecule has 0 unspecified atom stereocenters. The molecule has 1 aliphatic heterocycles. The molecule has 1 saturated heterocycles. The van der Waals surface area contributed by atoms with Crippen LogP contribution in [0, 0.1) is 5.41 Å². The molecule has 0 bridgehead atoms. The molecule has 0 spiro atoms. The second-order valence-electron chi connectivity index (χ2n) is 6.62. The fraction of sp³-hybridized carbons (Fsp3) is 0.588. The average Bonchev–Trinajstić information content (AvgIpc) is 3.16. The predicted octanol–water partition coefficient (Wildman–Crippen LogP) is 0.385. The topological polar surface area (TPSA) is 90.2 Å². The standard InChI is InChI=1S/C17H27N5O3/c1-17(2,15(24)18-3)12-20-16(19-4)22-9-7-21(8-10-22)14(23)13-6-5-11-25-13/h5-6,11H,7-10,12H2,1-4H3,(H,18,24)(H,19,20). The Morgan fingerprint density at radius 3 is 2.40 bits per heavy atom. The first-order chi connectivity index (χ1) is 11.9. The summed E-state index contributed by atoms with van der Waals surface area (Å²) in [4.78, 5) is 32.3. The lowest BCUT2D eigenvalue weighted by Gasteiger charge is -2.37. The lowest BCUT2D eigenvalue weighted by Crippen LogP contribution is -2.55. The monoisotopic (exact) mass is 349 g/mol. The molecule has 2 rings (SSSR count). The van der Waals surface area contributed by atoms with Crippen molar-refractivity contribution in [3.63, 3.8) is 0 Å². The summed E-state index contributed by atoms with van der Waals surface area (Å²) in [6.07, 6.45) is 1.50. The van der Waals surface area contributed by atoms with Crippen molar-refractivity contribution in [2.24, 2.45) is 10.4 Å². The number of amides is 2. The number of nitrogens with zero attached hydrogens (tertiary/aromatic N) is 3. The Hall–Kier alpha value is -2.51. The molecule has 0 saturated carbocycles. The molecule has 0 aliphatic carbocycles. The smallest absolute Gasteiger partial charge is 0.289 e. The van der Waals surface area contributed by atoms with Crippen molar-refractivity contribution < 1.29 is 14.0 Å². The molecule has 1 aromatic rings. The van der Waals surface area contributed by atoms with Crippen molar-refractivity contribution in [1.29, 1.82) is 0 Å². The summed E-state index contributed by atoms with van der Waals surface area (Å²) in [6.45, 7) is 6.78. The van der Waals surface area contributed by atoms with Gasteiger partial charge in [-0.1, -0.05) is 0 Å². The van der Waals surface area contributed by atoms with Gasteiger partial charge in [0.15, 0.2) is 11.7 Å². The van der Waals surface area contributed by atoms with Crippen molar-refractivity contribution >= 4 is 17.8 Å². The normalized spacial score (nSPS) is 15.9. The lowest BCUT2D eigenvalue weighted by molar-refractivity contribution is -0.128. The van der Waals surface area contributed by atoms with E-state index >= 15 is 0 Å². The fourth-order valence-electron chi connectivity index (χ4n) is 2.73. The minimum absolute atomic E-state index is 0.0238. The van der Waals surface area contributed by atoms with Crippen molar-refractivity contribution in [3.05, 3.63) is 24.2 Å². The van der Waals surface area contributed by atoms with Crippen molar-refractivity contribution in [3.8, 4) is 0 Å². The Labute approximate surface area is 148 Å². The van der Waals surface area contributed by atoms with E-state index in [2.05, 4.69) is 20.5 Å². The maximum Gasteiger partial charge on any atom is 0.289 e. The van der Waals surface area contributed by atoms with Crippen molar-refractivity contribution in [1.82, 2.24) is 20.4 Å². The van der Waals surface area contributed by atoms with Crippen molar-refractivity contribution in [2.45, 2.75) is 13.8 Å². The molecule has 138 valence electrons. The third-order valence-electron chi connectivity index (χ3n) is 4.34. The highest BCUT2D eigenvalue weighted by Crippen LogP contribution is 2.14. The van der Waals surface area contributed by atoms with Gasteiger partial charge in [0.05, 0.1) is 11.7 Å². The third kappa shape index (κ3) is 4.52. The van der Waals surface area contributed by atoms with Crippen molar-refractivity contribution in [2.75, 3.05) is 46.8 Å². The summed E-state index contributed by atoms with van der Waals surface area (Å²) in [7, 11) is 3.35. The molecule has 8 heteroatoms. The second kappa shape index (κ2) is 8.04. The van der Waals surface area contributed by atoms with E-state index in [1.54, 1.807) is 31.1 Å². The molecular weight excluding hydrogens is 322 g/mol. The zero-order chi connectivity index (χ0) is 18.4. The number of nitrogens with one attached hydrogen (secondary N) is 2. The first-order valence-corrected chi connectivity index (χ1v) is 8.39. The van der Waals surface area contributed by atoms with Gasteiger partial charge < -0.3 is 24.9 Å². The second-order valence-corrected chi connectivity index (χ2v) is 6.62. The van der Waals surface area contributed by atoms with Gasteiger partial charge in [-0.15, -0.1) is 0 Å². The Balaban J connectivity index is 1.88. The molecule has 25 heavy (non-hydrogen) atoms. The lowest BCUT2D eigenvalue weighted by atomic mass is 9.92. The molecule has 2 heterocycles. The number of aliphatic imine (C=N–C) groups is 1. The van der Waals surface area contributed by atoms with Crippen LogP contribution in [0.3, 0.4) is 0 Å². The third-order valence-corrected chi connectivity index (χ3v) is 4.34. The number of hydrogen-bond acceptors (Lipinski definition) is 4. The van der Waals surface area contributed by atoms with E-state index in [9.17, 15) is 9.59 Å². The molecule has 1 fully saturated rings. The van der Waals surface area contributed by atoms with Gasteiger partial charge in [0.25, 0.3) is 5.91 Å². The van der Waals surface area contributed by atoms with E-state index in [0.717, 1.165) is 5.96 Å². The van der Waals surface area contributed by atoms with Gasteiger partial charge in [0, 0.05) is 46.8 Å². The van der Waals surface area contributed by atoms with Gasteiger partial charge in [-0.05, 0) is 26.0 Å². The van der Waals surface area contributed by atoms with E-state index in [1.807, 2.05) is 13.8 Å². The van der Waals surface area contributed by atoms with Crippen LogP contribution in [0.2, 0.25) is 0 Å². The molecule has 2 amide bonds. The molecule has 2 N–H and O–H groups in total. The first kappa shape index (κ1) is 18.8.